The zero-order chi connectivity index (χ0) is 16.8. The van der Waals surface area contributed by atoms with Gasteiger partial charge in [-0.25, -0.2) is 0 Å². The highest BCUT2D eigenvalue weighted by Gasteiger charge is 2.14. The Morgan fingerprint density at radius 3 is 2.74 bits per heavy atom. The number of benzene rings is 2. The lowest BCUT2D eigenvalue weighted by Crippen LogP contribution is -2.12. The van der Waals surface area contributed by atoms with Gasteiger partial charge in [0, 0.05) is 18.2 Å². The van der Waals surface area contributed by atoms with Gasteiger partial charge in [-0.2, -0.15) is 5.26 Å². The van der Waals surface area contributed by atoms with E-state index in [9.17, 15) is 14.9 Å². The molecule has 0 aromatic heterocycles. The number of nitro benzene ring substituents is 1. The minimum absolute atomic E-state index is 0.144. The van der Waals surface area contributed by atoms with Gasteiger partial charge in [-0.3, -0.25) is 14.9 Å². The van der Waals surface area contributed by atoms with Crippen molar-refractivity contribution in [3.05, 3.63) is 69.3 Å². The second kappa shape index (κ2) is 7.04. The zero-order valence-electron chi connectivity index (χ0n) is 12.2. The Labute approximate surface area is 132 Å². The van der Waals surface area contributed by atoms with E-state index >= 15 is 0 Å². The Morgan fingerprint density at radius 2 is 2.09 bits per heavy atom. The van der Waals surface area contributed by atoms with Crippen LogP contribution in [0.4, 0.5) is 11.4 Å². The number of hydrogen-bond acceptors (Lipinski definition) is 5. The molecule has 2 aromatic rings. The van der Waals surface area contributed by atoms with Crippen molar-refractivity contribution in [1.82, 2.24) is 0 Å². The lowest BCUT2D eigenvalue weighted by molar-refractivity contribution is -0.384. The minimum Gasteiger partial charge on any atom is -0.379 e. The van der Waals surface area contributed by atoms with Crippen LogP contribution in [0, 0.1) is 21.4 Å². The predicted molar refractivity (Wildman–Crippen MR) is 85.0 cm³/mol. The number of nitro groups is 1. The molecule has 3 N–H and O–H groups in total. The predicted octanol–water partition coefficient (Wildman–Crippen LogP) is 2.22. The van der Waals surface area contributed by atoms with Crippen molar-refractivity contribution < 1.29 is 9.72 Å². The van der Waals surface area contributed by atoms with Gasteiger partial charge in [0.25, 0.3) is 5.69 Å². The van der Waals surface area contributed by atoms with Gasteiger partial charge >= 0.3 is 0 Å². The molecule has 2 rings (SSSR count). The number of nitrogens with one attached hydrogen (secondary N) is 1. The quantitative estimate of drug-likeness (QED) is 0.625. The van der Waals surface area contributed by atoms with Crippen LogP contribution in [0.5, 0.6) is 0 Å². The fraction of sp³-hybridized carbons (Fsp3) is 0.125. The third-order valence-electron chi connectivity index (χ3n) is 3.26. The van der Waals surface area contributed by atoms with E-state index < -0.39 is 10.8 Å². The first-order chi connectivity index (χ1) is 11.0. The summed E-state index contributed by atoms with van der Waals surface area (Å²) in [5, 5.41) is 22.8. The van der Waals surface area contributed by atoms with Crippen LogP contribution < -0.4 is 11.1 Å². The van der Waals surface area contributed by atoms with E-state index in [0.717, 1.165) is 5.56 Å². The molecule has 0 aliphatic heterocycles. The van der Waals surface area contributed by atoms with Gasteiger partial charge in [0.15, 0.2) is 0 Å². The van der Waals surface area contributed by atoms with Crippen LogP contribution >= 0.6 is 0 Å². The Bertz CT molecular complexity index is 796. The Kier molecular flexibility index (Phi) is 4.89. The first-order valence-corrected chi connectivity index (χ1v) is 6.82. The topological polar surface area (TPSA) is 122 Å². The SMILES string of the molecule is N#Cc1ccc(NCCc2cccc(C(N)=O)c2)c([N+](=O)[O-])c1. The molecule has 1 amide bonds. The molecular formula is C16H14N4O3. The molecule has 0 unspecified atom stereocenters. The maximum absolute atomic E-state index is 11.1. The fourth-order valence-corrected chi connectivity index (χ4v) is 2.12. The van der Waals surface area contributed by atoms with Gasteiger partial charge in [-0.15, -0.1) is 0 Å². The van der Waals surface area contributed by atoms with Gasteiger partial charge in [0.1, 0.15) is 5.69 Å². The highest BCUT2D eigenvalue weighted by atomic mass is 16.6. The van der Waals surface area contributed by atoms with Crippen molar-refractivity contribution in [2.24, 2.45) is 5.73 Å². The number of carbonyl (C=O) groups is 1. The molecule has 0 spiro atoms. The largest absolute Gasteiger partial charge is 0.379 e. The van der Waals surface area contributed by atoms with E-state index in [1.54, 1.807) is 18.2 Å². The number of nitriles is 1. The summed E-state index contributed by atoms with van der Waals surface area (Å²) >= 11 is 0. The Morgan fingerprint density at radius 1 is 1.30 bits per heavy atom. The van der Waals surface area contributed by atoms with Crippen LogP contribution in [0.15, 0.2) is 42.5 Å². The lowest BCUT2D eigenvalue weighted by Gasteiger charge is -2.08. The van der Waals surface area contributed by atoms with E-state index in [1.807, 2.05) is 12.1 Å². The lowest BCUT2D eigenvalue weighted by atomic mass is 10.1. The monoisotopic (exact) mass is 310 g/mol. The molecule has 7 nitrogen and oxygen atoms in total. The minimum atomic E-state index is -0.531. The summed E-state index contributed by atoms with van der Waals surface area (Å²) in [6, 6.07) is 13.0. The summed E-state index contributed by atoms with van der Waals surface area (Å²) < 4.78 is 0. The van der Waals surface area contributed by atoms with Crippen LogP contribution in [0.2, 0.25) is 0 Å². The van der Waals surface area contributed by atoms with E-state index in [0.29, 0.717) is 24.2 Å². The number of amides is 1. The molecule has 0 saturated heterocycles. The van der Waals surface area contributed by atoms with E-state index in [-0.39, 0.29) is 11.3 Å². The second-order valence-electron chi connectivity index (χ2n) is 4.84. The zero-order valence-corrected chi connectivity index (χ0v) is 12.2. The number of nitrogens with zero attached hydrogens (tertiary/aromatic N) is 2. The maximum Gasteiger partial charge on any atom is 0.293 e. The van der Waals surface area contributed by atoms with Gasteiger partial charge in [0.05, 0.1) is 16.6 Å². The van der Waals surface area contributed by atoms with Crippen LogP contribution in [0.1, 0.15) is 21.5 Å². The summed E-state index contributed by atoms with van der Waals surface area (Å²) in [5.41, 5.74) is 6.98. The van der Waals surface area contributed by atoms with E-state index in [4.69, 9.17) is 11.0 Å². The highest BCUT2D eigenvalue weighted by molar-refractivity contribution is 5.92. The molecule has 0 bridgehead atoms. The molecule has 2 aromatic carbocycles. The standard InChI is InChI=1S/C16H14N4O3/c17-10-12-4-5-14(15(9-12)20(22)23)19-7-6-11-2-1-3-13(8-11)16(18)21/h1-5,8-9,19H,6-7H2,(H2,18,21). The van der Waals surface area contributed by atoms with Crippen LogP contribution in [0.25, 0.3) is 0 Å². The van der Waals surface area contributed by atoms with Gasteiger partial charge in [-0.05, 0) is 36.2 Å². The number of rotatable bonds is 6. The molecule has 0 aliphatic carbocycles. The summed E-state index contributed by atoms with van der Waals surface area (Å²) in [4.78, 5) is 21.7. The van der Waals surface area contributed by atoms with Gasteiger partial charge < -0.3 is 11.1 Å². The van der Waals surface area contributed by atoms with Crippen molar-refractivity contribution >= 4 is 17.3 Å². The number of carbonyl (C=O) groups excluding carboxylic acids is 1. The van der Waals surface area contributed by atoms with Crippen molar-refractivity contribution in [3.8, 4) is 6.07 Å². The van der Waals surface area contributed by atoms with E-state index in [1.165, 1.54) is 18.2 Å². The fourth-order valence-electron chi connectivity index (χ4n) is 2.12. The molecule has 0 fully saturated rings. The molecule has 0 saturated carbocycles. The van der Waals surface area contributed by atoms with Gasteiger partial charge in [-0.1, -0.05) is 12.1 Å². The van der Waals surface area contributed by atoms with Crippen LogP contribution in [0.3, 0.4) is 0 Å². The average molecular weight is 310 g/mol. The molecule has 0 heterocycles. The number of nitrogens with two attached hydrogens (primary N) is 1. The molecule has 23 heavy (non-hydrogen) atoms. The molecule has 7 heteroatoms. The highest BCUT2D eigenvalue weighted by Crippen LogP contribution is 2.25. The summed E-state index contributed by atoms with van der Waals surface area (Å²) in [6.45, 7) is 0.439. The van der Waals surface area contributed by atoms with Crippen LogP contribution in [-0.2, 0) is 6.42 Å². The van der Waals surface area contributed by atoms with Gasteiger partial charge in [0.2, 0.25) is 5.91 Å². The normalized spacial score (nSPS) is 9.87. The molecule has 0 aliphatic rings. The Balaban J connectivity index is 2.07. The third-order valence-corrected chi connectivity index (χ3v) is 3.26. The smallest absolute Gasteiger partial charge is 0.293 e. The number of primary amides is 1. The van der Waals surface area contributed by atoms with Crippen molar-refractivity contribution in [2.75, 3.05) is 11.9 Å². The number of hydrogen-bond donors (Lipinski definition) is 2. The maximum atomic E-state index is 11.1. The Hall–Kier alpha value is -3.40. The van der Waals surface area contributed by atoms with E-state index in [2.05, 4.69) is 5.32 Å². The number of anilines is 1. The van der Waals surface area contributed by atoms with Crippen molar-refractivity contribution in [1.29, 1.82) is 5.26 Å². The first kappa shape index (κ1) is 16.0. The summed E-state index contributed by atoms with van der Waals surface area (Å²) in [5.74, 6) is -0.498. The van der Waals surface area contributed by atoms with Crippen molar-refractivity contribution in [3.63, 3.8) is 0 Å². The molecule has 0 atom stereocenters. The van der Waals surface area contributed by atoms with Crippen LogP contribution in [-0.4, -0.2) is 17.4 Å². The second-order valence-corrected chi connectivity index (χ2v) is 4.84. The molecular weight excluding hydrogens is 296 g/mol. The summed E-state index contributed by atoms with van der Waals surface area (Å²) in [6.07, 6.45) is 0.568. The average Bonchev–Trinajstić information content (AvgIpc) is 2.55. The molecule has 116 valence electrons. The third kappa shape index (κ3) is 4.04. The summed E-state index contributed by atoms with van der Waals surface area (Å²) in [7, 11) is 0. The molecule has 0 radical (unpaired) electrons. The van der Waals surface area contributed by atoms with Crippen molar-refractivity contribution in [2.45, 2.75) is 6.42 Å². The first-order valence-electron chi connectivity index (χ1n) is 6.82.